The number of H-pyrrole nitrogens is 1. The first-order valence-corrected chi connectivity index (χ1v) is 13.5. The smallest absolute Gasteiger partial charge is 0.416 e. The van der Waals surface area contributed by atoms with E-state index < -0.39 is 18.2 Å². The summed E-state index contributed by atoms with van der Waals surface area (Å²) in [5.74, 6) is 1.01. The highest BCUT2D eigenvalue weighted by Gasteiger charge is 2.35. The summed E-state index contributed by atoms with van der Waals surface area (Å²) in [6, 6.07) is 19.5. The molecule has 0 fully saturated rings. The van der Waals surface area contributed by atoms with Gasteiger partial charge < -0.3 is 19.6 Å². The first kappa shape index (κ1) is 26.2. The Morgan fingerprint density at radius 1 is 1.05 bits per heavy atom. The Morgan fingerprint density at radius 3 is 2.55 bits per heavy atom. The fourth-order valence-corrected chi connectivity index (χ4v) is 5.30. The van der Waals surface area contributed by atoms with Gasteiger partial charge in [0.15, 0.2) is 0 Å². The van der Waals surface area contributed by atoms with E-state index in [2.05, 4.69) is 15.3 Å². The van der Waals surface area contributed by atoms with Gasteiger partial charge in [-0.3, -0.25) is 4.90 Å². The van der Waals surface area contributed by atoms with Gasteiger partial charge in [0.1, 0.15) is 30.3 Å². The number of hydrogen-bond acceptors (Lipinski definition) is 6. The van der Waals surface area contributed by atoms with Gasteiger partial charge in [-0.05, 0) is 72.1 Å². The molecule has 2 N–H and O–H groups in total. The van der Waals surface area contributed by atoms with Gasteiger partial charge in [-0.15, -0.1) is 5.10 Å². The van der Waals surface area contributed by atoms with Crippen LogP contribution in [0.3, 0.4) is 0 Å². The van der Waals surface area contributed by atoms with Gasteiger partial charge in [0.2, 0.25) is 0 Å². The van der Waals surface area contributed by atoms with Gasteiger partial charge in [-0.1, -0.05) is 40.5 Å². The number of ether oxygens (including phenoxy) is 2. The van der Waals surface area contributed by atoms with Crippen molar-refractivity contribution in [3.8, 4) is 11.5 Å². The second-order valence-electron chi connectivity index (χ2n) is 9.53. The van der Waals surface area contributed by atoms with Gasteiger partial charge in [0.05, 0.1) is 12.7 Å². The minimum absolute atomic E-state index is 0.0924. The largest absolute Gasteiger partial charge is 0.491 e. The van der Waals surface area contributed by atoms with Crippen LogP contribution in [0.2, 0.25) is 10.0 Å². The summed E-state index contributed by atoms with van der Waals surface area (Å²) in [5, 5.41) is 20.1. The van der Waals surface area contributed by atoms with Crippen LogP contribution in [-0.2, 0) is 13.0 Å². The molecule has 1 aliphatic heterocycles. The zero-order chi connectivity index (χ0) is 27.6. The van der Waals surface area contributed by atoms with Crippen molar-refractivity contribution in [3.63, 3.8) is 0 Å². The number of aromatic nitrogens is 4. The number of aliphatic hydroxyl groups excluding tert-OH is 1. The molecule has 40 heavy (non-hydrogen) atoms. The SMILES string of the molecule is O=C(Oc1ccc(Cl)cc1)N1CCc2c([nH]c3ccc(Cl)cc23)C1c1ccc(OCC(O)Cn2ccnn2)cc1. The fourth-order valence-electron chi connectivity index (χ4n) is 5.00. The highest BCUT2D eigenvalue weighted by atomic mass is 35.5. The van der Waals surface area contributed by atoms with E-state index >= 15 is 0 Å². The van der Waals surface area contributed by atoms with Crippen molar-refractivity contribution in [1.82, 2.24) is 24.9 Å². The number of halogens is 2. The van der Waals surface area contributed by atoms with Gasteiger partial charge >= 0.3 is 6.09 Å². The summed E-state index contributed by atoms with van der Waals surface area (Å²) in [4.78, 5) is 18.7. The van der Waals surface area contributed by atoms with E-state index in [9.17, 15) is 9.90 Å². The van der Waals surface area contributed by atoms with Crippen molar-refractivity contribution >= 4 is 40.2 Å². The number of aliphatic hydroxyl groups is 1. The molecule has 1 aliphatic rings. The molecule has 11 heteroatoms. The third-order valence-corrected chi connectivity index (χ3v) is 7.34. The lowest BCUT2D eigenvalue weighted by Crippen LogP contribution is -2.42. The highest BCUT2D eigenvalue weighted by molar-refractivity contribution is 6.31. The van der Waals surface area contributed by atoms with Gasteiger partial charge in [-0.25, -0.2) is 9.48 Å². The number of nitrogens with one attached hydrogen (secondary N) is 1. The molecule has 9 nitrogen and oxygen atoms in total. The molecule has 2 unspecified atom stereocenters. The first-order chi connectivity index (χ1) is 19.4. The lowest BCUT2D eigenvalue weighted by molar-refractivity contribution is 0.0888. The minimum Gasteiger partial charge on any atom is -0.491 e. The Morgan fingerprint density at radius 2 is 1.80 bits per heavy atom. The van der Waals surface area contributed by atoms with E-state index in [1.807, 2.05) is 42.5 Å². The predicted octanol–water partition coefficient (Wildman–Crippen LogP) is 5.65. The number of rotatable bonds is 7. The van der Waals surface area contributed by atoms with Crippen molar-refractivity contribution in [3.05, 3.63) is 106 Å². The zero-order valence-electron chi connectivity index (χ0n) is 21.2. The zero-order valence-corrected chi connectivity index (χ0v) is 22.7. The quantitative estimate of drug-likeness (QED) is 0.259. The predicted molar refractivity (Wildman–Crippen MR) is 151 cm³/mol. The van der Waals surface area contributed by atoms with E-state index in [4.69, 9.17) is 32.7 Å². The van der Waals surface area contributed by atoms with Gasteiger partial charge in [0.25, 0.3) is 0 Å². The van der Waals surface area contributed by atoms with Gasteiger partial charge in [-0.2, -0.15) is 0 Å². The van der Waals surface area contributed by atoms with Crippen LogP contribution in [0, 0.1) is 0 Å². The van der Waals surface area contributed by atoms with E-state index in [1.165, 1.54) is 0 Å². The molecule has 3 heterocycles. The summed E-state index contributed by atoms with van der Waals surface area (Å²) in [6.07, 6.45) is 2.66. The van der Waals surface area contributed by atoms with Crippen LogP contribution in [0.5, 0.6) is 11.5 Å². The number of hydrogen-bond donors (Lipinski definition) is 2. The fraction of sp³-hybridized carbons (Fsp3) is 0.207. The van der Waals surface area contributed by atoms with Crippen LogP contribution in [0.25, 0.3) is 10.9 Å². The maximum atomic E-state index is 13.5. The molecule has 0 radical (unpaired) electrons. The number of fused-ring (bicyclic) bond motifs is 3. The summed E-state index contributed by atoms with van der Waals surface area (Å²) < 4.78 is 13.1. The molecule has 204 valence electrons. The van der Waals surface area contributed by atoms with Crippen molar-refractivity contribution in [2.45, 2.75) is 25.1 Å². The molecule has 0 spiro atoms. The normalized spacial score (nSPS) is 15.6. The number of aromatic amines is 1. The third kappa shape index (κ3) is 5.49. The highest BCUT2D eigenvalue weighted by Crippen LogP contribution is 2.40. The summed E-state index contributed by atoms with van der Waals surface area (Å²) in [7, 11) is 0. The molecule has 0 saturated heterocycles. The molecule has 6 rings (SSSR count). The van der Waals surface area contributed by atoms with Crippen LogP contribution in [-0.4, -0.2) is 55.3 Å². The lowest BCUT2D eigenvalue weighted by Gasteiger charge is -2.35. The Kier molecular flexibility index (Phi) is 7.34. The molecular weight excluding hydrogens is 553 g/mol. The van der Waals surface area contributed by atoms with E-state index in [1.54, 1.807) is 46.2 Å². The Balaban J connectivity index is 1.27. The minimum atomic E-state index is -0.751. The van der Waals surface area contributed by atoms with Gasteiger partial charge in [0, 0.05) is 39.4 Å². The van der Waals surface area contributed by atoms with Crippen molar-refractivity contribution in [2.75, 3.05) is 13.2 Å². The second-order valence-corrected chi connectivity index (χ2v) is 10.4. The molecule has 0 saturated carbocycles. The van der Waals surface area contributed by atoms with Crippen LogP contribution >= 0.6 is 23.2 Å². The molecule has 2 atom stereocenters. The molecule has 5 aromatic rings. The summed E-state index contributed by atoms with van der Waals surface area (Å²) in [6.45, 7) is 0.823. The number of nitrogens with zero attached hydrogens (tertiary/aromatic N) is 4. The summed E-state index contributed by atoms with van der Waals surface area (Å²) in [5.41, 5.74) is 3.86. The maximum Gasteiger partial charge on any atom is 0.416 e. The Hall–Kier alpha value is -4.05. The van der Waals surface area contributed by atoms with Crippen molar-refractivity contribution < 1.29 is 19.4 Å². The van der Waals surface area contributed by atoms with Crippen molar-refractivity contribution in [1.29, 1.82) is 0 Å². The average molecular weight is 578 g/mol. The summed E-state index contributed by atoms with van der Waals surface area (Å²) >= 11 is 12.3. The lowest BCUT2D eigenvalue weighted by atomic mass is 9.92. The first-order valence-electron chi connectivity index (χ1n) is 12.7. The Bertz CT molecular complexity index is 1620. The molecule has 3 aromatic carbocycles. The van der Waals surface area contributed by atoms with E-state index in [0.29, 0.717) is 34.5 Å². The standard InChI is InChI=1S/C29H25Cl2N5O4/c30-19-3-8-23(9-4-19)40-29(38)36-13-11-24-25-15-20(31)5-10-26(25)33-27(24)28(36)18-1-6-22(7-2-18)39-17-21(37)16-35-14-12-32-34-35/h1-10,12,14-15,21,28,33,37H,11,13,16-17H2. The van der Waals surface area contributed by atoms with Crippen LogP contribution < -0.4 is 9.47 Å². The molecule has 1 amide bonds. The monoisotopic (exact) mass is 577 g/mol. The second kappa shape index (κ2) is 11.2. The number of carbonyl (C=O) groups excluding carboxylic acids is 1. The van der Waals surface area contributed by atoms with Crippen LogP contribution in [0.4, 0.5) is 4.79 Å². The van der Waals surface area contributed by atoms with Crippen LogP contribution in [0.1, 0.15) is 22.9 Å². The number of carbonyl (C=O) groups is 1. The van der Waals surface area contributed by atoms with Crippen LogP contribution in [0.15, 0.2) is 79.1 Å². The molecular formula is C29H25Cl2N5O4. The third-order valence-electron chi connectivity index (χ3n) is 6.85. The average Bonchev–Trinajstić information content (AvgIpc) is 3.60. The molecule has 2 aromatic heterocycles. The van der Waals surface area contributed by atoms with E-state index in [-0.39, 0.29) is 13.2 Å². The topological polar surface area (TPSA) is 106 Å². The van der Waals surface area contributed by atoms with E-state index in [0.717, 1.165) is 27.7 Å². The number of amides is 1. The van der Waals surface area contributed by atoms with Crippen molar-refractivity contribution in [2.24, 2.45) is 0 Å². The molecule has 0 bridgehead atoms. The maximum absolute atomic E-state index is 13.5. The number of benzene rings is 3. The Labute approximate surface area is 239 Å². The molecule has 0 aliphatic carbocycles.